The van der Waals surface area contributed by atoms with Crippen molar-refractivity contribution < 1.29 is 9.59 Å². The van der Waals surface area contributed by atoms with Gasteiger partial charge in [-0.05, 0) is 58.2 Å². The third-order valence-corrected chi connectivity index (χ3v) is 5.73. The van der Waals surface area contributed by atoms with Gasteiger partial charge in [-0.2, -0.15) is 5.10 Å². The summed E-state index contributed by atoms with van der Waals surface area (Å²) in [5.41, 5.74) is 3.13. The van der Waals surface area contributed by atoms with E-state index >= 15 is 0 Å². The number of nitrogens with zero attached hydrogens (tertiary/aromatic N) is 3. The second-order valence-electron chi connectivity index (χ2n) is 8.57. The fourth-order valence-corrected chi connectivity index (χ4v) is 3.57. The summed E-state index contributed by atoms with van der Waals surface area (Å²) in [6, 6.07) is 9.15. The predicted molar refractivity (Wildman–Crippen MR) is 122 cm³/mol. The average Bonchev–Trinajstić information content (AvgIpc) is 3.51. The molecule has 7 nitrogen and oxygen atoms in total. The molecule has 162 valence electrons. The molecule has 3 aromatic rings. The molecule has 0 bridgehead atoms. The Morgan fingerprint density at radius 2 is 1.87 bits per heavy atom. The number of amides is 2. The lowest BCUT2D eigenvalue weighted by atomic mass is 10.1. The maximum Gasteiger partial charge on any atom is 0.256 e. The summed E-state index contributed by atoms with van der Waals surface area (Å²) in [6.45, 7) is 8.06. The molecule has 1 aromatic carbocycles. The highest BCUT2D eigenvalue weighted by Crippen LogP contribution is 2.40. The zero-order valence-electron chi connectivity index (χ0n) is 18.5. The quantitative estimate of drug-likeness (QED) is 0.582. The molecule has 1 atom stereocenters. The van der Waals surface area contributed by atoms with E-state index in [4.69, 9.17) is 4.98 Å². The molecule has 7 heteroatoms. The van der Waals surface area contributed by atoms with E-state index in [0.717, 1.165) is 36.0 Å². The lowest BCUT2D eigenvalue weighted by Crippen LogP contribution is -2.32. The van der Waals surface area contributed by atoms with E-state index in [9.17, 15) is 9.59 Å². The van der Waals surface area contributed by atoms with E-state index in [0.29, 0.717) is 22.7 Å². The Morgan fingerprint density at radius 3 is 2.55 bits per heavy atom. The van der Waals surface area contributed by atoms with Crippen LogP contribution in [0.4, 0.5) is 5.69 Å². The molecule has 31 heavy (non-hydrogen) atoms. The lowest BCUT2D eigenvalue weighted by molar-refractivity contribution is 0.0940. The molecule has 0 saturated heterocycles. The number of aromatic nitrogens is 3. The first-order chi connectivity index (χ1) is 14.9. The minimum absolute atomic E-state index is 0.0547. The van der Waals surface area contributed by atoms with Gasteiger partial charge in [0.15, 0.2) is 5.65 Å². The number of rotatable bonds is 7. The van der Waals surface area contributed by atoms with Crippen LogP contribution in [-0.4, -0.2) is 32.6 Å². The molecule has 1 saturated carbocycles. The average molecular weight is 420 g/mol. The molecule has 2 N–H and O–H groups in total. The highest BCUT2D eigenvalue weighted by atomic mass is 16.2. The van der Waals surface area contributed by atoms with Gasteiger partial charge in [0, 0.05) is 23.7 Å². The number of pyridine rings is 1. The zero-order chi connectivity index (χ0) is 22.1. The van der Waals surface area contributed by atoms with Crippen molar-refractivity contribution in [3.8, 4) is 0 Å². The van der Waals surface area contributed by atoms with Gasteiger partial charge in [-0.3, -0.25) is 9.59 Å². The van der Waals surface area contributed by atoms with Crippen LogP contribution in [0.25, 0.3) is 11.0 Å². The molecule has 0 aliphatic heterocycles. The number of carbonyl (C=O) groups is 2. The minimum Gasteiger partial charge on any atom is -0.350 e. The van der Waals surface area contributed by atoms with Crippen molar-refractivity contribution in [2.75, 3.05) is 5.32 Å². The van der Waals surface area contributed by atoms with E-state index in [1.54, 1.807) is 24.4 Å². The van der Waals surface area contributed by atoms with Crippen LogP contribution in [-0.2, 0) is 0 Å². The number of fused-ring (bicyclic) bond motifs is 1. The van der Waals surface area contributed by atoms with E-state index in [1.165, 1.54) is 0 Å². The summed E-state index contributed by atoms with van der Waals surface area (Å²) >= 11 is 0. The molecule has 1 fully saturated rings. The van der Waals surface area contributed by atoms with E-state index in [2.05, 4.69) is 15.7 Å². The summed E-state index contributed by atoms with van der Waals surface area (Å²) in [7, 11) is 0. The predicted octanol–water partition coefficient (Wildman–Crippen LogP) is 4.67. The number of para-hydroxylation sites is 1. The second kappa shape index (κ2) is 8.49. The number of hydrogen-bond donors (Lipinski definition) is 2. The third-order valence-electron chi connectivity index (χ3n) is 5.73. The van der Waals surface area contributed by atoms with E-state index < -0.39 is 0 Å². The summed E-state index contributed by atoms with van der Waals surface area (Å²) in [5.74, 6) is -0.0575. The van der Waals surface area contributed by atoms with Crippen molar-refractivity contribution in [2.45, 2.75) is 65.0 Å². The van der Waals surface area contributed by atoms with Gasteiger partial charge in [0.25, 0.3) is 11.8 Å². The van der Waals surface area contributed by atoms with Gasteiger partial charge in [-0.25, -0.2) is 9.67 Å². The number of nitrogens with one attached hydrogen (secondary N) is 2. The fraction of sp³-hybridized carbons (Fsp3) is 0.417. The molecule has 2 heterocycles. The van der Waals surface area contributed by atoms with Crippen LogP contribution in [0.5, 0.6) is 0 Å². The zero-order valence-corrected chi connectivity index (χ0v) is 18.5. The van der Waals surface area contributed by atoms with Gasteiger partial charge >= 0.3 is 0 Å². The van der Waals surface area contributed by atoms with Crippen LogP contribution >= 0.6 is 0 Å². The Bertz CT molecular complexity index is 1130. The van der Waals surface area contributed by atoms with Gasteiger partial charge in [0.05, 0.1) is 28.4 Å². The van der Waals surface area contributed by atoms with Crippen molar-refractivity contribution in [3.63, 3.8) is 0 Å². The first kappa shape index (κ1) is 21.0. The monoisotopic (exact) mass is 419 g/mol. The second-order valence-corrected chi connectivity index (χ2v) is 8.57. The number of anilines is 1. The highest BCUT2D eigenvalue weighted by Gasteiger charge is 2.28. The van der Waals surface area contributed by atoms with Crippen LogP contribution in [0.3, 0.4) is 0 Å². The van der Waals surface area contributed by atoms with Crippen molar-refractivity contribution in [1.29, 1.82) is 0 Å². The third kappa shape index (κ3) is 4.31. The van der Waals surface area contributed by atoms with Crippen molar-refractivity contribution in [2.24, 2.45) is 0 Å². The van der Waals surface area contributed by atoms with Crippen LogP contribution in [0.1, 0.15) is 85.3 Å². The Morgan fingerprint density at radius 1 is 1.13 bits per heavy atom. The molecule has 2 aromatic heterocycles. The largest absolute Gasteiger partial charge is 0.350 e. The lowest BCUT2D eigenvalue weighted by Gasteiger charge is -2.15. The topological polar surface area (TPSA) is 88.9 Å². The van der Waals surface area contributed by atoms with Gasteiger partial charge < -0.3 is 10.6 Å². The molecular weight excluding hydrogens is 390 g/mol. The summed E-state index contributed by atoms with van der Waals surface area (Å²) in [4.78, 5) is 30.9. The Kier molecular flexibility index (Phi) is 5.76. The molecular formula is C24H29N5O2. The number of hydrogen-bond acceptors (Lipinski definition) is 4. The standard InChI is InChI=1S/C24H29N5O2/c1-5-15(4)26-23(30)17-8-6-7-9-20(17)28-24(31)18-12-21(16-10-11-16)27-22-19(18)13-25-29(22)14(2)3/h6-9,12-16H,5,10-11H2,1-4H3,(H,26,30)(H,28,31). The van der Waals surface area contributed by atoms with Gasteiger partial charge in [0.2, 0.25) is 0 Å². The van der Waals surface area contributed by atoms with E-state index in [1.807, 2.05) is 44.5 Å². The molecule has 1 aliphatic rings. The van der Waals surface area contributed by atoms with E-state index in [-0.39, 0.29) is 23.9 Å². The number of benzene rings is 1. The van der Waals surface area contributed by atoms with Crippen molar-refractivity contribution in [3.05, 3.63) is 53.3 Å². The molecule has 2 amide bonds. The molecule has 1 unspecified atom stereocenters. The first-order valence-corrected chi connectivity index (χ1v) is 11.0. The van der Waals surface area contributed by atoms with Crippen LogP contribution in [0.2, 0.25) is 0 Å². The van der Waals surface area contributed by atoms with Gasteiger partial charge in [0.1, 0.15) is 0 Å². The Hall–Kier alpha value is -3.22. The Balaban J connectivity index is 1.69. The van der Waals surface area contributed by atoms with Crippen LogP contribution in [0.15, 0.2) is 36.5 Å². The maximum absolute atomic E-state index is 13.3. The summed E-state index contributed by atoms with van der Waals surface area (Å²) in [5, 5.41) is 11.1. The Labute approximate surface area is 182 Å². The fourth-order valence-electron chi connectivity index (χ4n) is 3.57. The molecule has 0 radical (unpaired) electrons. The van der Waals surface area contributed by atoms with Crippen LogP contribution in [0, 0.1) is 0 Å². The summed E-state index contributed by atoms with van der Waals surface area (Å²) in [6.07, 6.45) is 4.72. The smallest absolute Gasteiger partial charge is 0.256 e. The highest BCUT2D eigenvalue weighted by molar-refractivity contribution is 6.14. The minimum atomic E-state index is -0.263. The maximum atomic E-state index is 13.3. The van der Waals surface area contributed by atoms with Crippen molar-refractivity contribution >= 4 is 28.5 Å². The molecule has 0 spiro atoms. The molecule has 1 aliphatic carbocycles. The number of carbonyl (C=O) groups excluding carboxylic acids is 2. The van der Waals surface area contributed by atoms with Crippen molar-refractivity contribution in [1.82, 2.24) is 20.1 Å². The normalized spacial score (nSPS) is 14.6. The molecule has 4 rings (SSSR count). The van der Waals surface area contributed by atoms with Gasteiger partial charge in [-0.1, -0.05) is 19.1 Å². The SMILES string of the molecule is CCC(C)NC(=O)c1ccccc1NC(=O)c1cc(C2CC2)nc2c1cnn2C(C)C. The van der Waals surface area contributed by atoms with Crippen LogP contribution < -0.4 is 10.6 Å². The first-order valence-electron chi connectivity index (χ1n) is 11.0. The summed E-state index contributed by atoms with van der Waals surface area (Å²) < 4.78 is 1.85. The van der Waals surface area contributed by atoms with Gasteiger partial charge in [-0.15, -0.1) is 0 Å².